The molecule has 0 saturated heterocycles. The van der Waals surface area contributed by atoms with Gasteiger partial charge in [0, 0.05) is 42.7 Å². The Morgan fingerprint density at radius 3 is 2.03 bits per heavy atom. The van der Waals surface area contributed by atoms with Crippen LogP contribution >= 0.6 is 11.3 Å². The number of hydrogen-bond donors (Lipinski definition) is 0. The van der Waals surface area contributed by atoms with E-state index in [2.05, 4.69) is 120 Å². The van der Waals surface area contributed by atoms with E-state index in [4.69, 9.17) is 4.98 Å². The normalized spacial score (nSPS) is 11.4. The van der Waals surface area contributed by atoms with E-state index in [1.54, 1.807) is 0 Å². The van der Waals surface area contributed by atoms with Crippen LogP contribution in [0.2, 0.25) is 0 Å². The van der Waals surface area contributed by atoms with Crippen LogP contribution in [0.4, 0.5) is 0 Å². The van der Waals surface area contributed by atoms with E-state index >= 15 is 0 Å². The van der Waals surface area contributed by atoms with Crippen molar-refractivity contribution in [1.82, 2.24) is 9.97 Å². The summed E-state index contributed by atoms with van der Waals surface area (Å²) in [7, 11) is 0. The van der Waals surface area contributed by atoms with Crippen molar-refractivity contribution in [1.29, 1.82) is 0 Å². The molecule has 0 aliphatic heterocycles. The number of nitrogens with zero attached hydrogens (tertiary/aromatic N) is 2. The first kappa shape index (κ1) is 22.0. The summed E-state index contributed by atoms with van der Waals surface area (Å²) in [6, 6.07) is 40.5. The highest BCUT2D eigenvalue weighted by atomic mass is 32.1. The smallest absolute Gasteiger partial charge is 0.114 e. The van der Waals surface area contributed by atoms with Gasteiger partial charge < -0.3 is 0 Å². The molecule has 0 unspecified atom stereocenters. The van der Waals surface area contributed by atoms with E-state index in [1.165, 1.54) is 42.1 Å². The third kappa shape index (κ3) is 3.66. The first-order valence-corrected chi connectivity index (χ1v) is 13.7. The molecule has 0 saturated carbocycles. The van der Waals surface area contributed by atoms with Gasteiger partial charge in [-0.25, -0.2) is 4.98 Å². The van der Waals surface area contributed by atoms with Crippen molar-refractivity contribution in [3.63, 3.8) is 0 Å². The monoisotopic (exact) mass is 512 g/mol. The van der Waals surface area contributed by atoms with Crippen LogP contribution < -0.4 is 0 Å². The second kappa shape index (κ2) is 8.77. The maximum absolute atomic E-state index is 4.95. The Morgan fingerprint density at radius 1 is 0.487 bits per heavy atom. The summed E-state index contributed by atoms with van der Waals surface area (Å²) in [5.74, 6) is 6.59. The maximum Gasteiger partial charge on any atom is 0.114 e. The number of pyridine rings is 2. The molecule has 0 radical (unpaired) electrons. The third-order valence-electron chi connectivity index (χ3n) is 7.36. The van der Waals surface area contributed by atoms with Gasteiger partial charge in [-0.05, 0) is 76.4 Å². The summed E-state index contributed by atoms with van der Waals surface area (Å²) in [6.07, 6.45) is 1.83. The minimum atomic E-state index is 0.739. The van der Waals surface area contributed by atoms with Crippen molar-refractivity contribution >= 4 is 64.1 Å². The van der Waals surface area contributed by atoms with Crippen molar-refractivity contribution in [3.8, 4) is 23.0 Å². The predicted molar refractivity (Wildman–Crippen MR) is 165 cm³/mol. The Morgan fingerprint density at radius 2 is 1.18 bits per heavy atom. The highest BCUT2D eigenvalue weighted by Gasteiger charge is 2.10. The molecule has 3 heterocycles. The van der Waals surface area contributed by atoms with Gasteiger partial charge in [-0.1, -0.05) is 72.7 Å². The molecule has 8 rings (SSSR count). The quantitative estimate of drug-likeness (QED) is 0.162. The number of benzene rings is 5. The minimum Gasteiger partial charge on any atom is -0.254 e. The van der Waals surface area contributed by atoms with Crippen molar-refractivity contribution in [2.45, 2.75) is 0 Å². The summed E-state index contributed by atoms with van der Waals surface area (Å²) in [5, 5.41) is 7.23. The van der Waals surface area contributed by atoms with Crippen LogP contribution in [0.3, 0.4) is 0 Å². The van der Waals surface area contributed by atoms with Crippen LogP contribution in [-0.4, -0.2) is 9.97 Å². The van der Waals surface area contributed by atoms with Crippen molar-refractivity contribution in [2.24, 2.45) is 0 Å². The van der Waals surface area contributed by atoms with Gasteiger partial charge in [-0.3, -0.25) is 4.98 Å². The third-order valence-corrected chi connectivity index (χ3v) is 8.52. The number of aromatic nitrogens is 2. The summed E-state index contributed by atoms with van der Waals surface area (Å²) in [4.78, 5) is 9.63. The summed E-state index contributed by atoms with van der Waals surface area (Å²) in [5.41, 5.74) is 5.91. The lowest BCUT2D eigenvalue weighted by Gasteiger charge is -2.08. The van der Waals surface area contributed by atoms with Gasteiger partial charge in [-0.2, -0.15) is 0 Å². The highest BCUT2D eigenvalue weighted by Crippen LogP contribution is 2.36. The molecule has 8 aromatic rings. The molecule has 2 nitrogen and oxygen atoms in total. The molecule has 3 heteroatoms. The molecule has 0 N–H and O–H groups in total. The molecule has 0 aliphatic rings. The van der Waals surface area contributed by atoms with Crippen LogP contribution in [0.5, 0.6) is 0 Å². The lowest BCUT2D eigenvalue weighted by Crippen LogP contribution is -1.90. The average Bonchev–Trinajstić information content (AvgIpc) is 3.38. The zero-order valence-electron chi connectivity index (χ0n) is 20.8. The molecule has 0 spiro atoms. The highest BCUT2D eigenvalue weighted by molar-refractivity contribution is 7.25. The minimum absolute atomic E-state index is 0.739. The van der Waals surface area contributed by atoms with E-state index in [0.29, 0.717) is 0 Å². The van der Waals surface area contributed by atoms with Crippen molar-refractivity contribution in [2.75, 3.05) is 0 Å². The molecule has 3 aromatic heterocycles. The SMILES string of the molecule is C(#Cc1ccc2c3ccccc3c3cccnc3c2n1)c1ccc(-c2ccc3sc4ccccc4c3c2)cc1. The molecule has 0 fully saturated rings. The van der Waals surface area contributed by atoms with E-state index in [-0.39, 0.29) is 0 Å². The van der Waals surface area contributed by atoms with E-state index in [1.807, 2.05) is 29.7 Å². The molecule has 0 bridgehead atoms. The number of rotatable bonds is 1. The van der Waals surface area contributed by atoms with E-state index in [9.17, 15) is 0 Å². The summed E-state index contributed by atoms with van der Waals surface area (Å²) >= 11 is 1.85. The Bertz CT molecular complexity index is 2250. The average molecular weight is 513 g/mol. The van der Waals surface area contributed by atoms with Crippen molar-refractivity contribution < 1.29 is 0 Å². The lowest BCUT2D eigenvalue weighted by molar-refractivity contribution is 1.35. The Labute approximate surface area is 229 Å². The molecule has 0 atom stereocenters. The summed E-state index contributed by atoms with van der Waals surface area (Å²) < 4.78 is 2.65. The lowest BCUT2D eigenvalue weighted by atomic mass is 10.00. The van der Waals surface area contributed by atoms with E-state index < -0.39 is 0 Å². The number of thiophene rings is 1. The number of fused-ring (bicyclic) bond motifs is 9. The fourth-order valence-electron chi connectivity index (χ4n) is 5.48. The van der Waals surface area contributed by atoms with Crippen LogP contribution in [0.25, 0.3) is 63.9 Å². The van der Waals surface area contributed by atoms with Crippen LogP contribution in [0.1, 0.15) is 11.3 Å². The first-order chi connectivity index (χ1) is 19.3. The molecular formula is C36H20N2S. The van der Waals surface area contributed by atoms with Gasteiger partial charge in [0.15, 0.2) is 0 Å². The zero-order chi connectivity index (χ0) is 25.8. The fourth-order valence-corrected chi connectivity index (χ4v) is 6.57. The molecule has 180 valence electrons. The van der Waals surface area contributed by atoms with Gasteiger partial charge in [0.1, 0.15) is 5.69 Å². The Balaban J connectivity index is 1.16. The van der Waals surface area contributed by atoms with Crippen molar-refractivity contribution in [3.05, 3.63) is 133 Å². The second-order valence-electron chi connectivity index (χ2n) is 9.67. The standard InChI is InChI=1S/C36H20N2S/c1-2-7-28-27(6-1)30-9-5-21-37-35(30)36-31(28)19-18-26(38-36)17-13-23-11-14-24(15-12-23)25-16-20-34-32(22-25)29-8-3-4-10-33(29)39-34/h1-12,14-16,18-22H. The molecule has 39 heavy (non-hydrogen) atoms. The fraction of sp³-hybridized carbons (Fsp3) is 0. The van der Waals surface area contributed by atoms with E-state index in [0.717, 1.165) is 33.1 Å². The predicted octanol–water partition coefficient (Wildman–Crippen LogP) is 9.37. The molecule has 0 amide bonds. The number of hydrogen-bond acceptors (Lipinski definition) is 3. The maximum atomic E-state index is 4.95. The Kier molecular flexibility index (Phi) is 4.94. The van der Waals surface area contributed by atoms with Gasteiger partial charge in [-0.15, -0.1) is 11.3 Å². The largest absolute Gasteiger partial charge is 0.254 e. The van der Waals surface area contributed by atoms with Crippen LogP contribution in [-0.2, 0) is 0 Å². The topological polar surface area (TPSA) is 25.8 Å². The van der Waals surface area contributed by atoms with Gasteiger partial charge in [0.25, 0.3) is 0 Å². The van der Waals surface area contributed by atoms with Gasteiger partial charge in [0.05, 0.1) is 11.0 Å². The van der Waals surface area contributed by atoms with Crippen LogP contribution in [0, 0.1) is 11.8 Å². The van der Waals surface area contributed by atoms with Crippen LogP contribution in [0.15, 0.2) is 121 Å². The van der Waals surface area contributed by atoms with Gasteiger partial charge >= 0.3 is 0 Å². The van der Waals surface area contributed by atoms with Gasteiger partial charge in [0.2, 0.25) is 0 Å². The summed E-state index contributed by atoms with van der Waals surface area (Å²) in [6.45, 7) is 0. The molecule has 0 aliphatic carbocycles. The Hall–Kier alpha value is -5.04. The molecular weight excluding hydrogens is 492 g/mol. The first-order valence-electron chi connectivity index (χ1n) is 12.9. The molecule has 5 aromatic carbocycles. The second-order valence-corrected chi connectivity index (χ2v) is 10.8. The zero-order valence-corrected chi connectivity index (χ0v) is 21.7.